The minimum atomic E-state index is -0.412. The molecular weight excluding hydrogens is 543 g/mol. The van der Waals surface area contributed by atoms with Crippen LogP contribution in [0.5, 0.6) is 6.01 Å². The summed E-state index contributed by atoms with van der Waals surface area (Å²) in [7, 11) is 2.10. The monoisotopic (exact) mass is 572 g/mol. The molecule has 3 atom stereocenters. The van der Waals surface area contributed by atoms with Crippen molar-refractivity contribution in [2.75, 3.05) is 38.2 Å². The number of likely N-dealkylation sites (tertiary alicyclic amines) is 2. The Labute approximate surface area is 242 Å². The lowest BCUT2D eigenvalue weighted by molar-refractivity contribution is -0.127. The molecule has 0 bridgehead atoms. The molecule has 0 aliphatic carbocycles. The van der Waals surface area contributed by atoms with Crippen LogP contribution in [0.3, 0.4) is 0 Å². The van der Waals surface area contributed by atoms with Gasteiger partial charge < -0.3 is 19.4 Å². The highest BCUT2D eigenvalue weighted by atomic mass is 35.5. The SMILES string of the molecule is C=CC(=O)N1CC[C@@H]2[C@H]1CN2c1nc(OCC2CCCN2C)nc2cc(-c3cncc4cccc(Cl)c34)c(F)cc12. The molecule has 0 spiro atoms. The zero-order chi connectivity index (χ0) is 28.2. The van der Waals surface area contributed by atoms with Gasteiger partial charge in [0.2, 0.25) is 5.91 Å². The second kappa shape index (κ2) is 10.2. The maximum Gasteiger partial charge on any atom is 0.319 e. The van der Waals surface area contributed by atoms with E-state index in [0.29, 0.717) is 58.6 Å². The van der Waals surface area contributed by atoms with Crippen molar-refractivity contribution in [2.24, 2.45) is 0 Å². The number of amides is 1. The number of aromatic nitrogens is 3. The number of carbonyl (C=O) groups excluding carboxylic acids is 1. The van der Waals surface area contributed by atoms with E-state index in [2.05, 4.69) is 28.4 Å². The molecule has 10 heteroatoms. The first-order chi connectivity index (χ1) is 19.9. The topological polar surface area (TPSA) is 74.7 Å². The summed E-state index contributed by atoms with van der Waals surface area (Å²) in [5.74, 6) is 0.149. The third-order valence-corrected chi connectivity index (χ3v) is 9.18. The summed E-state index contributed by atoms with van der Waals surface area (Å²) in [6.45, 7) is 6.42. The van der Waals surface area contributed by atoms with Gasteiger partial charge in [0.15, 0.2) is 0 Å². The van der Waals surface area contributed by atoms with Crippen LogP contribution in [-0.4, -0.2) is 82.1 Å². The molecule has 8 nitrogen and oxygen atoms in total. The summed E-state index contributed by atoms with van der Waals surface area (Å²) in [5, 5.41) is 2.69. The largest absolute Gasteiger partial charge is 0.462 e. The van der Waals surface area contributed by atoms with Crippen molar-refractivity contribution in [1.82, 2.24) is 24.8 Å². The fourth-order valence-electron chi connectivity index (χ4n) is 6.61. The smallest absolute Gasteiger partial charge is 0.319 e. The minimum Gasteiger partial charge on any atom is -0.462 e. The molecule has 3 aliphatic rings. The van der Waals surface area contributed by atoms with E-state index >= 15 is 4.39 Å². The predicted octanol–water partition coefficient (Wildman–Crippen LogP) is 5.09. The van der Waals surface area contributed by atoms with E-state index < -0.39 is 5.82 Å². The lowest BCUT2D eigenvalue weighted by atomic mass is 9.95. The average Bonchev–Trinajstić information content (AvgIpc) is 3.53. The number of fused-ring (bicyclic) bond motifs is 3. The number of nitrogens with zero attached hydrogens (tertiary/aromatic N) is 6. The summed E-state index contributed by atoms with van der Waals surface area (Å²) in [4.78, 5) is 32.6. The van der Waals surface area contributed by atoms with Crippen LogP contribution in [0.25, 0.3) is 32.8 Å². The zero-order valence-electron chi connectivity index (χ0n) is 22.8. The van der Waals surface area contributed by atoms with E-state index in [1.54, 1.807) is 24.5 Å². The molecule has 3 aliphatic heterocycles. The number of pyridine rings is 1. The summed E-state index contributed by atoms with van der Waals surface area (Å²) in [6, 6.07) is 9.52. The molecule has 3 fully saturated rings. The third kappa shape index (κ3) is 4.38. The van der Waals surface area contributed by atoms with Crippen molar-refractivity contribution < 1.29 is 13.9 Å². The van der Waals surface area contributed by atoms with Gasteiger partial charge in [-0.2, -0.15) is 9.97 Å². The van der Waals surface area contributed by atoms with E-state index in [1.165, 1.54) is 12.1 Å². The summed E-state index contributed by atoms with van der Waals surface area (Å²) in [5.41, 5.74) is 1.53. The Hall–Kier alpha value is -3.82. The lowest BCUT2D eigenvalue weighted by Crippen LogP contribution is -2.63. The predicted molar refractivity (Wildman–Crippen MR) is 158 cm³/mol. The van der Waals surface area contributed by atoms with E-state index in [9.17, 15) is 4.79 Å². The quantitative estimate of drug-likeness (QED) is 0.298. The second-order valence-electron chi connectivity index (χ2n) is 11.1. The fraction of sp³-hybridized carbons (Fsp3) is 0.355. The molecule has 3 saturated heterocycles. The van der Waals surface area contributed by atoms with Crippen LogP contribution < -0.4 is 9.64 Å². The number of ether oxygens (including phenoxy) is 1. The van der Waals surface area contributed by atoms with E-state index in [1.807, 2.05) is 17.0 Å². The number of hydrogen-bond acceptors (Lipinski definition) is 7. The summed E-state index contributed by atoms with van der Waals surface area (Å²) >= 11 is 6.57. The Morgan fingerprint density at radius 2 is 2.05 bits per heavy atom. The van der Waals surface area contributed by atoms with Gasteiger partial charge in [0.1, 0.15) is 18.2 Å². The Morgan fingerprint density at radius 3 is 2.85 bits per heavy atom. The lowest BCUT2D eigenvalue weighted by Gasteiger charge is -2.47. The first-order valence-corrected chi connectivity index (χ1v) is 14.4. The third-order valence-electron chi connectivity index (χ3n) is 8.87. The minimum absolute atomic E-state index is 0.0626. The normalized spacial score (nSPS) is 22.3. The van der Waals surface area contributed by atoms with E-state index in [0.717, 1.165) is 36.6 Å². The maximum absolute atomic E-state index is 16.0. The molecular formula is C31H30ClFN6O2. The molecule has 7 rings (SSSR count). The number of benzene rings is 2. The van der Waals surface area contributed by atoms with Gasteiger partial charge in [-0.1, -0.05) is 30.3 Å². The molecule has 2 aromatic carbocycles. The number of carbonyl (C=O) groups is 1. The van der Waals surface area contributed by atoms with Crippen LogP contribution >= 0.6 is 11.6 Å². The standard InChI is InChI=1S/C31H30ClFN6O2/c1-3-28(40)38-11-9-26-27(38)16-39(26)30-21-12-24(33)20(22-15-34-14-18-6-4-8-23(32)29(18)22)13-25(21)35-31(36-30)41-17-19-7-5-10-37(19)2/h3-4,6,8,12-15,19,26-27H,1,5,7,9-11,16-17H2,2H3/t19?,26-,27-/m1/s1. The fourth-order valence-corrected chi connectivity index (χ4v) is 6.89. The molecule has 0 saturated carbocycles. The van der Waals surface area contributed by atoms with Crippen LogP contribution in [0, 0.1) is 5.82 Å². The first kappa shape index (κ1) is 26.1. The first-order valence-electron chi connectivity index (χ1n) is 14.0. The molecule has 0 N–H and O–H groups in total. The van der Waals surface area contributed by atoms with Gasteiger partial charge in [-0.05, 0) is 57.1 Å². The van der Waals surface area contributed by atoms with Crippen molar-refractivity contribution in [1.29, 1.82) is 0 Å². The zero-order valence-corrected chi connectivity index (χ0v) is 23.5. The van der Waals surface area contributed by atoms with Crippen molar-refractivity contribution in [2.45, 2.75) is 37.4 Å². The van der Waals surface area contributed by atoms with Gasteiger partial charge in [-0.15, -0.1) is 0 Å². The van der Waals surface area contributed by atoms with Crippen LogP contribution in [-0.2, 0) is 4.79 Å². The average molecular weight is 573 g/mol. The van der Waals surface area contributed by atoms with Crippen LogP contribution in [0.1, 0.15) is 19.3 Å². The molecule has 5 heterocycles. The highest BCUT2D eigenvalue weighted by molar-refractivity contribution is 6.36. The van der Waals surface area contributed by atoms with Crippen molar-refractivity contribution in [3.8, 4) is 17.1 Å². The van der Waals surface area contributed by atoms with Crippen LogP contribution in [0.2, 0.25) is 5.02 Å². The van der Waals surface area contributed by atoms with E-state index in [4.69, 9.17) is 26.3 Å². The highest BCUT2D eigenvalue weighted by Gasteiger charge is 2.49. The summed E-state index contributed by atoms with van der Waals surface area (Å²) < 4.78 is 22.1. The van der Waals surface area contributed by atoms with Gasteiger partial charge in [-0.3, -0.25) is 9.78 Å². The van der Waals surface area contributed by atoms with Crippen LogP contribution in [0.4, 0.5) is 10.2 Å². The van der Waals surface area contributed by atoms with Gasteiger partial charge in [-0.25, -0.2) is 4.39 Å². The van der Waals surface area contributed by atoms with Crippen molar-refractivity contribution in [3.05, 3.63) is 66.2 Å². The van der Waals surface area contributed by atoms with Crippen molar-refractivity contribution in [3.63, 3.8) is 0 Å². The molecule has 1 amide bonds. The Kier molecular flexibility index (Phi) is 6.51. The number of hydrogen-bond donors (Lipinski definition) is 0. The molecule has 210 valence electrons. The molecule has 0 radical (unpaired) electrons. The summed E-state index contributed by atoms with van der Waals surface area (Å²) in [6.07, 6.45) is 7.72. The Bertz CT molecular complexity index is 1690. The van der Waals surface area contributed by atoms with E-state index in [-0.39, 0.29) is 24.0 Å². The molecule has 1 unspecified atom stereocenters. The number of rotatable bonds is 6. The Balaban J connectivity index is 1.32. The van der Waals surface area contributed by atoms with Gasteiger partial charge in [0.25, 0.3) is 0 Å². The molecule has 41 heavy (non-hydrogen) atoms. The van der Waals surface area contributed by atoms with Crippen molar-refractivity contribution >= 4 is 45.0 Å². The van der Waals surface area contributed by atoms with Crippen LogP contribution in [0.15, 0.2) is 55.4 Å². The maximum atomic E-state index is 16.0. The Morgan fingerprint density at radius 1 is 1.17 bits per heavy atom. The molecule has 4 aromatic rings. The number of halogens is 2. The number of likely N-dealkylation sites (N-methyl/N-ethyl adjacent to an activating group) is 1. The van der Waals surface area contributed by atoms with Gasteiger partial charge >= 0.3 is 6.01 Å². The number of anilines is 1. The second-order valence-corrected chi connectivity index (χ2v) is 11.5. The van der Waals surface area contributed by atoms with Gasteiger partial charge in [0, 0.05) is 63.8 Å². The highest BCUT2D eigenvalue weighted by Crippen LogP contribution is 2.42. The van der Waals surface area contributed by atoms with Gasteiger partial charge in [0.05, 0.1) is 17.6 Å². The molecule has 2 aromatic heterocycles.